The number of anilines is 1. The number of halogens is 1. The Morgan fingerprint density at radius 3 is 2.76 bits per heavy atom. The monoisotopic (exact) mass is 254 g/mol. The molecule has 4 heteroatoms. The van der Waals surface area contributed by atoms with Gasteiger partial charge in [0.15, 0.2) is 0 Å². The van der Waals surface area contributed by atoms with Crippen LogP contribution in [0.1, 0.15) is 12.5 Å². The van der Waals surface area contributed by atoms with E-state index in [9.17, 15) is 0 Å². The lowest BCUT2D eigenvalue weighted by molar-refractivity contribution is 0.122. The summed E-state index contributed by atoms with van der Waals surface area (Å²) in [6, 6.07) is 6.30. The highest BCUT2D eigenvalue weighted by atomic mass is 35.5. The van der Waals surface area contributed by atoms with Crippen molar-refractivity contribution in [1.29, 1.82) is 0 Å². The zero-order valence-corrected chi connectivity index (χ0v) is 11.0. The van der Waals surface area contributed by atoms with Gasteiger partial charge in [-0.25, -0.2) is 0 Å². The Balaban J connectivity index is 2.06. The van der Waals surface area contributed by atoms with Gasteiger partial charge in [0, 0.05) is 30.3 Å². The van der Waals surface area contributed by atoms with Gasteiger partial charge in [-0.1, -0.05) is 24.6 Å². The molecular weight excluding hydrogens is 236 g/mol. The predicted octanol–water partition coefficient (Wildman–Crippen LogP) is 2.29. The van der Waals surface area contributed by atoms with Gasteiger partial charge in [0.05, 0.1) is 13.2 Å². The Labute approximate surface area is 108 Å². The number of nitrogens with one attached hydrogen (secondary N) is 1. The molecule has 94 valence electrons. The fraction of sp³-hybridized carbons (Fsp3) is 0.538. The van der Waals surface area contributed by atoms with Gasteiger partial charge >= 0.3 is 0 Å². The zero-order valence-electron chi connectivity index (χ0n) is 10.2. The first-order valence-corrected chi connectivity index (χ1v) is 6.51. The van der Waals surface area contributed by atoms with Gasteiger partial charge in [-0.15, -0.1) is 0 Å². The van der Waals surface area contributed by atoms with Gasteiger partial charge < -0.3 is 15.0 Å². The van der Waals surface area contributed by atoms with E-state index in [0.717, 1.165) is 50.0 Å². The first-order valence-electron chi connectivity index (χ1n) is 6.13. The number of benzene rings is 1. The molecule has 2 rings (SSSR count). The maximum Gasteiger partial charge on any atom is 0.0642 e. The third-order valence-corrected chi connectivity index (χ3v) is 3.33. The van der Waals surface area contributed by atoms with Gasteiger partial charge in [0.2, 0.25) is 0 Å². The third-order valence-electron chi connectivity index (χ3n) is 2.98. The van der Waals surface area contributed by atoms with Crippen LogP contribution in [0.4, 0.5) is 5.69 Å². The highest BCUT2D eigenvalue weighted by molar-refractivity contribution is 6.31. The molecule has 1 aliphatic rings. The number of nitrogens with zero attached hydrogens (tertiary/aromatic N) is 1. The molecule has 0 aliphatic carbocycles. The molecule has 0 amide bonds. The third kappa shape index (κ3) is 3.35. The summed E-state index contributed by atoms with van der Waals surface area (Å²) in [5, 5.41) is 4.13. The summed E-state index contributed by atoms with van der Waals surface area (Å²) >= 11 is 6.29. The fourth-order valence-corrected chi connectivity index (χ4v) is 2.20. The minimum atomic E-state index is 0.802. The lowest BCUT2D eigenvalue weighted by atomic mass is 10.2. The zero-order chi connectivity index (χ0) is 12.1. The fourth-order valence-electron chi connectivity index (χ4n) is 1.96. The molecule has 17 heavy (non-hydrogen) atoms. The predicted molar refractivity (Wildman–Crippen MR) is 71.9 cm³/mol. The van der Waals surface area contributed by atoms with E-state index in [1.807, 2.05) is 0 Å². The molecule has 0 saturated carbocycles. The van der Waals surface area contributed by atoms with Gasteiger partial charge in [-0.3, -0.25) is 0 Å². The van der Waals surface area contributed by atoms with E-state index >= 15 is 0 Å². The maximum absolute atomic E-state index is 6.29. The van der Waals surface area contributed by atoms with Crippen LogP contribution in [0.15, 0.2) is 18.2 Å². The Kier molecular flexibility index (Phi) is 4.66. The molecule has 0 radical (unpaired) electrons. The van der Waals surface area contributed by atoms with Crippen LogP contribution in [0.2, 0.25) is 5.02 Å². The van der Waals surface area contributed by atoms with Crippen molar-refractivity contribution in [3.05, 3.63) is 28.8 Å². The molecule has 0 aromatic heterocycles. The summed E-state index contributed by atoms with van der Waals surface area (Å²) in [7, 11) is 0. The summed E-state index contributed by atoms with van der Waals surface area (Å²) in [4.78, 5) is 2.31. The van der Waals surface area contributed by atoms with Crippen molar-refractivity contribution in [2.75, 3.05) is 37.7 Å². The van der Waals surface area contributed by atoms with Crippen molar-refractivity contribution in [2.45, 2.75) is 13.5 Å². The van der Waals surface area contributed by atoms with E-state index in [1.54, 1.807) is 0 Å². The van der Waals surface area contributed by atoms with Crippen LogP contribution >= 0.6 is 11.6 Å². The summed E-state index contributed by atoms with van der Waals surface area (Å²) in [5.41, 5.74) is 2.35. The average molecular weight is 255 g/mol. The molecule has 3 nitrogen and oxygen atoms in total. The Bertz CT molecular complexity index is 364. The largest absolute Gasteiger partial charge is 0.378 e. The lowest BCUT2D eigenvalue weighted by Crippen LogP contribution is -2.36. The van der Waals surface area contributed by atoms with Gasteiger partial charge in [0.1, 0.15) is 0 Å². The molecule has 1 aliphatic heterocycles. The molecule has 1 fully saturated rings. The number of rotatable bonds is 4. The Morgan fingerprint density at radius 1 is 1.35 bits per heavy atom. The van der Waals surface area contributed by atoms with Crippen LogP contribution in [-0.4, -0.2) is 32.8 Å². The molecular formula is C13H19ClN2O. The summed E-state index contributed by atoms with van der Waals surface area (Å²) < 4.78 is 5.34. The standard InChI is InChI=1S/C13H19ClN2O/c1-2-15-10-11-3-4-12(9-13(11)14)16-5-7-17-8-6-16/h3-4,9,15H,2,5-8,10H2,1H3. The molecule has 0 unspecified atom stereocenters. The second kappa shape index (κ2) is 6.24. The average Bonchev–Trinajstić information content (AvgIpc) is 2.38. The number of hydrogen-bond acceptors (Lipinski definition) is 3. The van der Waals surface area contributed by atoms with Crippen molar-refractivity contribution >= 4 is 17.3 Å². The maximum atomic E-state index is 6.29. The van der Waals surface area contributed by atoms with E-state index in [0.29, 0.717) is 0 Å². The second-order valence-electron chi connectivity index (χ2n) is 4.16. The van der Waals surface area contributed by atoms with Gasteiger partial charge in [-0.05, 0) is 24.2 Å². The van der Waals surface area contributed by atoms with E-state index in [2.05, 4.69) is 35.3 Å². The smallest absolute Gasteiger partial charge is 0.0642 e. The second-order valence-corrected chi connectivity index (χ2v) is 4.56. The summed E-state index contributed by atoms with van der Waals surface area (Å²) in [5.74, 6) is 0. The Hall–Kier alpha value is -0.770. The molecule has 0 atom stereocenters. The number of morpholine rings is 1. The highest BCUT2D eigenvalue weighted by Gasteiger charge is 2.12. The van der Waals surface area contributed by atoms with Gasteiger partial charge in [-0.2, -0.15) is 0 Å². The minimum absolute atomic E-state index is 0.802. The molecule has 1 N–H and O–H groups in total. The molecule has 1 aromatic carbocycles. The molecule has 1 heterocycles. The normalized spacial score (nSPS) is 16.2. The molecule has 0 bridgehead atoms. The van der Waals surface area contributed by atoms with Crippen LogP contribution in [-0.2, 0) is 11.3 Å². The van der Waals surface area contributed by atoms with Crippen molar-refractivity contribution in [1.82, 2.24) is 5.32 Å². The highest BCUT2D eigenvalue weighted by Crippen LogP contribution is 2.24. The van der Waals surface area contributed by atoms with Crippen LogP contribution in [0.25, 0.3) is 0 Å². The topological polar surface area (TPSA) is 24.5 Å². The van der Waals surface area contributed by atoms with E-state index < -0.39 is 0 Å². The lowest BCUT2D eigenvalue weighted by Gasteiger charge is -2.29. The van der Waals surface area contributed by atoms with Crippen molar-refractivity contribution in [3.8, 4) is 0 Å². The van der Waals surface area contributed by atoms with Crippen LogP contribution in [0.3, 0.4) is 0 Å². The van der Waals surface area contributed by atoms with Crippen LogP contribution in [0, 0.1) is 0 Å². The van der Waals surface area contributed by atoms with E-state index in [-0.39, 0.29) is 0 Å². The van der Waals surface area contributed by atoms with E-state index in [4.69, 9.17) is 16.3 Å². The quantitative estimate of drug-likeness (QED) is 0.892. The van der Waals surface area contributed by atoms with Crippen LogP contribution in [0.5, 0.6) is 0 Å². The van der Waals surface area contributed by atoms with E-state index in [1.165, 1.54) is 5.69 Å². The molecule has 1 aromatic rings. The molecule has 1 saturated heterocycles. The number of hydrogen-bond donors (Lipinski definition) is 1. The van der Waals surface area contributed by atoms with Crippen LogP contribution < -0.4 is 10.2 Å². The SMILES string of the molecule is CCNCc1ccc(N2CCOCC2)cc1Cl. The minimum Gasteiger partial charge on any atom is -0.378 e. The van der Waals surface area contributed by atoms with Gasteiger partial charge in [0.25, 0.3) is 0 Å². The number of ether oxygens (including phenoxy) is 1. The molecule has 0 spiro atoms. The Morgan fingerprint density at radius 2 is 2.12 bits per heavy atom. The van der Waals surface area contributed by atoms with Crippen molar-refractivity contribution < 1.29 is 4.74 Å². The summed E-state index contributed by atoms with van der Waals surface area (Å²) in [6.07, 6.45) is 0. The van der Waals surface area contributed by atoms with Crippen molar-refractivity contribution in [3.63, 3.8) is 0 Å². The summed E-state index contributed by atoms with van der Waals surface area (Å²) in [6.45, 7) is 7.38. The van der Waals surface area contributed by atoms with Crippen molar-refractivity contribution in [2.24, 2.45) is 0 Å². The first-order chi connectivity index (χ1) is 8.31. The first kappa shape index (κ1) is 12.7.